The molecule has 4 aromatic carbocycles. The zero-order valence-electron chi connectivity index (χ0n) is 35.9. The van der Waals surface area contributed by atoms with Crippen LogP contribution in [0.2, 0.25) is 0 Å². The third-order valence-electron chi connectivity index (χ3n) is 13.9. The Morgan fingerprint density at radius 2 is 0.803 bits per heavy atom. The number of nitrogens with zero attached hydrogens (tertiary/aromatic N) is 2. The minimum Gasteiger partial charge on any atom is -0.505 e. The van der Waals surface area contributed by atoms with Gasteiger partial charge < -0.3 is 19.7 Å². The van der Waals surface area contributed by atoms with Gasteiger partial charge in [0.1, 0.15) is 34.4 Å². The Morgan fingerprint density at radius 3 is 1.18 bits per heavy atom. The molecule has 2 aromatic heterocycles. The molecule has 6 heteroatoms. The molecule has 4 aliphatic carbocycles. The van der Waals surface area contributed by atoms with Crippen LogP contribution in [0.1, 0.15) is 116 Å². The highest BCUT2D eigenvalue weighted by atomic mass is 16.5. The standard InChI is InChI=1S/C55H58N2O4/c1-34(60-48-25-13-11-23-44(48)46-27-29-56-52(54(46)58)50-40-19-7-3-15-36(40)32-37-16-4-8-20-41(37)50)31-35(2)61-49-26-14-12-24-45(49)47-28-30-57-53(55(47)59)51-42-21-9-5-17-38(42)33-39-18-6-10-22-43(39)51/h11-14,23-30,32-35,58-59H,3-10,15-22,31H2,1-2H3/t34-,35?/m1/s1. The lowest BCUT2D eigenvalue weighted by Crippen LogP contribution is -2.23. The predicted molar refractivity (Wildman–Crippen MR) is 245 cm³/mol. The zero-order chi connectivity index (χ0) is 41.5. The fraction of sp³-hybridized carbons (Fsp3) is 0.382. The molecular formula is C55H58N2O4. The van der Waals surface area contributed by atoms with Crippen molar-refractivity contribution >= 4 is 0 Å². The highest BCUT2D eigenvalue weighted by Crippen LogP contribution is 2.48. The molecule has 2 N–H and O–H groups in total. The fourth-order valence-corrected chi connectivity index (χ4v) is 11.1. The van der Waals surface area contributed by atoms with Crippen molar-refractivity contribution in [1.29, 1.82) is 0 Å². The summed E-state index contributed by atoms with van der Waals surface area (Å²) < 4.78 is 13.4. The van der Waals surface area contributed by atoms with Crippen LogP contribution in [-0.4, -0.2) is 32.4 Å². The lowest BCUT2D eigenvalue weighted by atomic mass is 9.78. The summed E-state index contributed by atoms with van der Waals surface area (Å²) in [5, 5.41) is 24.3. The van der Waals surface area contributed by atoms with Crippen molar-refractivity contribution < 1.29 is 19.7 Å². The van der Waals surface area contributed by atoms with Crippen molar-refractivity contribution in [2.45, 2.75) is 135 Å². The molecule has 10 rings (SSSR count). The number of benzene rings is 4. The SMILES string of the molecule is CC(C[C@@H](C)Oc1ccccc1-c1ccnc(-c2c3c(cc4c2CCCC4)CCCC3)c1O)Oc1ccccc1-c1ccnc(-c2c3c(cc4c2CCCC4)CCCC3)c1O. The summed E-state index contributed by atoms with van der Waals surface area (Å²) in [6, 6.07) is 24.8. The first-order chi connectivity index (χ1) is 29.9. The van der Waals surface area contributed by atoms with E-state index in [1.165, 1.54) is 107 Å². The Balaban J connectivity index is 0.903. The Hall–Kier alpha value is -5.62. The average molecular weight is 811 g/mol. The van der Waals surface area contributed by atoms with Crippen molar-refractivity contribution in [3.63, 3.8) is 0 Å². The van der Waals surface area contributed by atoms with E-state index >= 15 is 0 Å². The first-order valence-electron chi connectivity index (χ1n) is 23.1. The Bertz CT molecular complexity index is 2360. The number of hydrogen-bond donors (Lipinski definition) is 2. The highest BCUT2D eigenvalue weighted by molar-refractivity contribution is 5.87. The van der Waals surface area contributed by atoms with E-state index in [9.17, 15) is 10.2 Å². The van der Waals surface area contributed by atoms with Gasteiger partial charge in [-0.1, -0.05) is 48.5 Å². The third-order valence-corrected chi connectivity index (χ3v) is 13.9. The van der Waals surface area contributed by atoms with Gasteiger partial charge in [-0.3, -0.25) is 9.97 Å². The largest absolute Gasteiger partial charge is 0.505 e. The van der Waals surface area contributed by atoms with Crippen LogP contribution in [0.5, 0.6) is 23.0 Å². The van der Waals surface area contributed by atoms with Crippen molar-refractivity contribution in [3.8, 4) is 67.8 Å². The first-order valence-corrected chi connectivity index (χ1v) is 23.1. The van der Waals surface area contributed by atoms with Crippen LogP contribution in [0.4, 0.5) is 0 Å². The number of pyridine rings is 2. The van der Waals surface area contributed by atoms with E-state index in [4.69, 9.17) is 19.4 Å². The van der Waals surface area contributed by atoms with Gasteiger partial charge in [0.15, 0.2) is 0 Å². The number of aromatic nitrogens is 2. The molecule has 6 nitrogen and oxygen atoms in total. The predicted octanol–water partition coefficient (Wildman–Crippen LogP) is 12.7. The van der Waals surface area contributed by atoms with Crippen LogP contribution in [0.3, 0.4) is 0 Å². The maximum atomic E-state index is 12.1. The average Bonchev–Trinajstić information content (AvgIpc) is 3.28. The molecular weight excluding hydrogens is 753 g/mol. The minimum atomic E-state index is -0.198. The quantitative estimate of drug-likeness (QED) is 0.143. The van der Waals surface area contributed by atoms with Crippen molar-refractivity contribution in [1.82, 2.24) is 9.97 Å². The molecule has 0 saturated heterocycles. The molecule has 312 valence electrons. The van der Waals surface area contributed by atoms with Gasteiger partial charge in [0, 0.05) is 52.2 Å². The van der Waals surface area contributed by atoms with Gasteiger partial charge >= 0.3 is 0 Å². The highest BCUT2D eigenvalue weighted by Gasteiger charge is 2.29. The molecule has 0 bridgehead atoms. The van der Waals surface area contributed by atoms with E-state index in [2.05, 4.69) is 26.0 Å². The smallest absolute Gasteiger partial charge is 0.149 e. The van der Waals surface area contributed by atoms with Gasteiger partial charge in [0.25, 0.3) is 0 Å². The summed E-state index contributed by atoms with van der Waals surface area (Å²) in [5.41, 5.74) is 18.2. The molecule has 0 amide bonds. The van der Waals surface area contributed by atoms with E-state index in [0.717, 1.165) is 73.6 Å². The van der Waals surface area contributed by atoms with Crippen LogP contribution in [-0.2, 0) is 51.4 Å². The Kier molecular flexibility index (Phi) is 11.0. The molecule has 0 radical (unpaired) electrons. The number of rotatable bonds is 10. The van der Waals surface area contributed by atoms with Gasteiger partial charge in [0.2, 0.25) is 0 Å². The van der Waals surface area contributed by atoms with E-state index in [0.29, 0.717) is 29.3 Å². The molecule has 0 spiro atoms. The second-order valence-electron chi connectivity index (χ2n) is 18.1. The van der Waals surface area contributed by atoms with Crippen molar-refractivity contribution in [2.75, 3.05) is 0 Å². The minimum absolute atomic E-state index is 0.198. The number of ether oxygens (including phenoxy) is 2. The van der Waals surface area contributed by atoms with Gasteiger partial charge in [-0.15, -0.1) is 0 Å². The topological polar surface area (TPSA) is 84.7 Å². The second kappa shape index (κ2) is 17.0. The fourth-order valence-electron chi connectivity index (χ4n) is 11.1. The second-order valence-corrected chi connectivity index (χ2v) is 18.1. The van der Waals surface area contributed by atoms with Crippen LogP contribution in [0.25, 0.3) is 44.8 Å². The van der Waals surface area contributed by atoms with Gasteiger partial charge in [0.05, 0.1) is 12.2 Å². The summed E-state index contributed by atoms with van der Waals surface area (Å²) in [6.45, 7) is 4.15. The monoisotopic (exact) mass is 810 g/mol. The molecule has 0 fully saturated rings. The molecule has 6 aromatic rings. The molecule has 2 atom stereocenters. The lowest BCUT2D eigenvalue weighted by Gasteiger charge is -2.28. The normalized spacial score (nSPS) is 16.7. The maximum absolute atomic E-state index is 12.1. The summed E-state index contributed by atoms with van der Waals surface area (Å²) in [4.78, 5) is 9.77. The number of aryl methyl sites for hydroxylation is 4. The summed E-state index contributed by atoms with van der Waals surface area (Å²) >= 11 is 0. The number of hydrogen-bond acceptors (Lipinski definition) is 6. The van der Waals surface area contributed by atoms with Crippen LogP contribution in [0, 0.1) is 0 Å². The van der Waals surface area contributed by atoms with Crippen molar-refractivity contribution in [2.24, 2.45) is 0 Å². The Morgan fingerprint density at radius 1 is 0.459 bits per heavy atom. The zero-order valence-corrected chi connectivity index (χ0v) is 35.9. The Labute approximate surface area is 361 Å². The van der Waals surface area contributed by atoms with Gasteiger partial charge in [-0.05, 0) is 185 Å². The van der Waals surface area contributed by atoms with Gasteiger partial charge in [-0.2, -0.15) is 0 Å². The molecule has 1 unspecified atom stereocenters. The molecule has 61 heavy (non-hydrogen) atoms. The van der Waals surface area contributed by atoms with Crippen LogP contribution >= 0.6 is 0 Å². The van der Waals surface area contributed by atoms with E-state index < -0.39 is 0 Å². The lowest BCUT2D eigenvalue weighted by molar-refractivity contribution is 0.131. The molecule has 0 saturated carbocycles. The summed E-state index contributed by atoms with van der Waals surface area (Å²) in [5.74, 6) is 1.88. The summed E-state index contributed by atoms with van der Waals surface area (Å²) in [7, 11) is 0. The molecule has 4 aliphatic rings. The number of fused-ring (bicyclic) bond motifs is 4. The van der Waals surface area contributed by atoms with E-state index in [-0.39, 0.29) is 23.7 Å². The van der Waals surface area contributed by atoms with Crippen molar-refractivity contribution in [3.05, 3.63) is 130 Å². The van der Waals surface area contributed by atoms with E-state index in [1.807, 2.05) is 73.1 Å². The number of aromatic hydroxyl groups is 2. The first kappa shape index (κ1) is 39.5. The molecule has 0 aliphatic heterocycles. The van der Waals surface area contributed by atoms with Crippen LogP contribution < -0.4 is 9.47 Å². The maximum Gasteiger partial charge on any atom is 0.149 e. The molecule has 2 heterocycles. The number of para-hydroxylation sites is 2. The summed E-state index contributed by atoms with van der Waals surface area (Å²) in [6.07, 6.45) is 22.0. The van der Waals surface area contributed by atoms with Gasteiger partial charge in [-0.25, -0.2) is 0 Å². The van der Waals surface area contributed by atoms with E-state index in [1.54, 1.807) is 0 Å². The van der Waals surface area contributed by atoms with Crippen LogP contribution in [0.15, 0.2) is 85.2 Å². The third kappa shape index (κ3) is 7.57.